The third kappa shape index (κ3) is 3.00. The van der Waals surface area contributed by atoms with Gasteiger partial charge in [-0.25, -0.2) is 4.98 Å². The quantitative estimate of drug-likeness (QED) is 0.879. The summed E-state index contributed by atoms with van der Waals surface area (Å²) in [5.74, 6) is -0.925. The van der Waals surface area contributed by atoms with Gasteiger partial charge in [0.25, 0.3) is 5.91 Å². The maximum Gasteiger partial charge on any atom is 0.260 e. The van der Waals surface area contributed by atoms with E-state index in [9.17, 15) is 9.18 Å². The largest absolute Gasteiger partial charge is 0.497 e. The molecule has 6 heteroatoms. The second-order valence-corrected chi connectivity index (χ2v) is 4.05. The fourth-order valence-electron chi connectivity index (χ4n) is 1.47. The fraction of sp³-hybridized carbons (Fsp3) is 0.0769. The molecule has 98 valence electrons. The van der Waals surface area contributed by atoms with Crippen LogP contribution in [0.25, 0.3) is 0 Å². The molecular weight excluding hydrogens is 271 g/mol. The van der Waals surface area contributed by atoms with Crippen molar-refractivity contribution in [3.8, 4) is 5.75 Å². The standard InChI is InChI=1S/C13H10ClFN2O2/c1-19-8-4-5-10(14)11(7-8)17-13(18)9-3-2-6-16-12(9)15/h2-7H,1H3,(H,17,18). The number of methoxy groups -OCH3 is 1. The topological polar surface area (TPSA) is 51.2 Å². The number of benzene rings is 1. The van der Waals surface area contributed by atoms with Crippen molar-refractivity contribution < 1.29 is 13.9 Å². The number of anilines is 1. The molecule has 0 spiro atoms. The van der Waals surface area contributed by atoms with Crippen LogP contribution < -0.4 is 10.1 Å². The monoisotopic (exact) mass is 280 g/mol. The average Bonchev–Trinajstić information content (AvgIpc) is 2.41. The number of hydrogen-bond donors (Lipinski definition) is 1. The van der Waals surface area contributed by atoms with Gasteiger partial charge in [-0.2, -0.15) is 4.39 Å². The molecule has 0 saturated heterocycles. The van der Waals surface area contributed by atoms with Crippen molar-refractivity contribution in [3.05, 3.63) is 53.1 Å². The summed E-state index contributed by atoms with van der Waals surface area (Å²) in [7, 11) is 1.50. The highest BCUT2D eigenvalue weighted by Crippen LogP contribution is 2.27. The highest BCUT2D eigenvalue weighted by atomic mass is 35.5. The first-order chi connectivity index (χ1) is 9.11. The Hall–Kier alpha value is -2.14. The number of carbonyl (C=O) groups excluding carboxylic acids is 1. The number of halogens is 2. The molecule has 0 aliphatic rings. The summed E-state index contributed by atoms with van der Waals surface area (Å²) in [5, 5.41) is 2.84. The Labute approximate surface area is 114 Å². The molecule has 0 fully saturated rings. The lowest BCUT2D eigenvalue weighted by atomic mass is 10.2. The van der Waals surface area contributed by atoms with E-state index in [1.165, 1.54) is 25.4 Å². The normalized spacial score (nSPS) is 10.1. The molecule has 0 aliphatic carbocycles. The van der Waals surface area contributed by atoms with E-state index in [1.54, 1.807) is 18.2 Å². The molecule has 2 aromatic rings. The lowest BCUT2D eigenvalue weighted by molar-refractivity contribution is 0.102. The summed E-state index contributed by atoms with van der Waals surface area (Å²) in [6.45, 7) is 0. The van der Waals surface area contributed by atoms with Gasteiger partial charge in [0, 0.05) is 12.3 Å². The van der Waals surface area contributed by atoms with E-state index in [0.717, 1.165) is 0 Å². The number of aromatic nitrogens is 1. The van der Waals surface area contributed by atoms with Gasteiger partial charge in [-0.3, -0.25) is 4.79 Å². The van der Waals surface area contributed by atoms with E-state index < -0.39 is 11.9 Å². The van der Waals surface area contributed by atoms with Gasteiger partial charge in [-0.05, 0) is 24.3 Å². The smallest absolute Gasteiger partial charge is 0.260 e. The van der Waals surface area contributed by atoms with Crippen LogP contribution in [-0.4, -0.2) is 18.0 Å². The molecule has 0 bridgehead atoms. The molecule has 4 nitrogen and oxygen atoms in total. The predicted octanol–water partition coefficient (Wildman–Crippen LogP) is 3.14. The van der Waals surface area contributed by atoms with Crippen molar-refractivity contribution in [2.45, 2.75) is 0 Å². The Bertz CT molecular complexity index is 619. The number of carbonyl (C=O) groups is 1. The molecule has 0 atom stereocenters. The molecule has 0 radical (unpaired) electrons. The second kappa shape index (κ2) is 5.67. The molecule has 0 saturated carbocycles. The fourth-order valence-corrected chi connectivity index (χ4v) is 1.64. The molecule has 19 heavy (non-hydrogen) atoms. The summed E-state index contributed by atoms with van der Waals surface area (Å²) in [5.41, 5.74) is 0.190. The maximum absolute atomic E-state index is 13.4. The van der Waals surface area contributed by atoms with Gasteiger partial charge in [-0.15, -0.1) is 0 Å². The minimum atomic E-state index is -0.834. The lowest BCUT2D eigenvalue weighted by Crippen LogP contribution is -2.14. The zero-order valence-electron chi connectivity index (χ0n) is 9.98. The summed E-state index contributed by atoms with van der Waals surface area (Å²) in [6, 6.07) is 7.60. The van der Waals surface area contributed by atoms with Crippen molar-refractivity contribution in [2.24, 2.45) is 0 Å². The van der Waals surface area contributed by atoms with Crippen LogP contribution in [0.3, 0.4) is 0 Å². The number of hydrogen-bond acceptors (Lipinski definition) is 3. The summed E-state index contributed by atoms with van der Waals surface area (Å²) >= 11 is 5.94. The summed E-state index contributed by atoms with van der Waals surface area (Å²) in [4.78, 5) is 15.3. The first-order valence-electron chi connectivity index (χ1n) is 5.37. The summed E-state index contributed by atoms with van der Waals surface area (Å²) in [6.07, 6.45) is 1.27. The molecule has 1 aromatic heterocycles. The van der Waals surface area contributed by atoms with Gasteiger partial charge in [0.2, 0.25) is 5.95 Å². The highest BCUT2D eigenvalue weighted by Gasteiger charge is 2.14. The molecular formula is C13H10ClFN2O2. The number of nitrogens with zero attached hydrogens (tertiary/aromatic N) is 1. The molecule has 0 unspecified atom stereocenters. The Morgan fingerprint density at radius 1 is 1.42 bits per heavy atom. The third-order valence-electron chi connectivity index (χ3n) is 2.43. The Kier molecular flexibility index (Phi) is 3.97. The number of pyridine rings is 1. The van der Waals surface area contributed by atoms with Gasteiger partial charge in [-0.1, -0.05) is 11.6 Å². The highest BCUT2D eigenvalue weighted by molar-refractivity contribution is 6.34. The maximum atomic E-state index is 13.4. The van der Waals surface area contributed by atoms with Crippen molar-refractivity contribution in [3.63, 3.8) is 0 Å². The van der Waals surface area contributed by atoms with Gasteiger partial charge >= 0.3 is 0 Å². The number of rotatable bonds is 3. The van der Waals surface area contributed by atoms with Crippen LogP contribution in [0.5, 0.6) is 5.75 Å². The molecule has 1 aromatic carbocycles. The van der Waals surface area contributed by atoms with Gasteiger partial charge < -0.3 is 10.1 Å². The SMILES string of the molecule is COc1ccc(Cl)c(NC(=O)c2cccnc2F)c1. The zero-order chi connectivity index (χ0) is 13.8. The van der Waals surface area contributed by atoms with Gasteiger partial charge in [0.1, 0.15) is 5.75 Å². The van der Waals surface area contributed by atoms with Crippen LogP contribution >= 0.6 is 11.6 Å². The van der Waals surface area contributed by atoms with Crippen LogP contribution in [0.2, 0.25) is 5.02 Å². The van der Waals surface area contributed by atoms with E-state index in [0.29, 0.717) is 16.5 Å². The van der Waals surface area contributed by atoms with Gasteiger partial charge in [0.05, 0.1) is 23.4 Å². The molecule has 1 heterocycles. The zero-order valence-corrected chi connectivity index (χ0v) is 10.7. The average molecular weight is 281 g/mol. The number of amides is 1. The minimum absolute atomic E-state index is 0.151. The molecule has 1 amide bonds. The van der Waals surface area contributed by atoms with Crippen LogP contribution in [0, 0.1) is 5.95 Å². The predicted molar refractivity (Wildman–Crippen MR) is 70.2 cm³/mol. The number of ether oxygens (including phenoxy) is 1. The Morgan fingerprint density at radius 3 is 2.89 bits per heavy atom. The third-order valence-corrected chi connectivity index (χ3v) is 2.76. The van der Waals surface area contributed by atoms with E-state index in [4.69, 9.17) is 16.3 Å². The lowest BCUT2D eigenvalue weighted by Gasteiger charge is -2.09. The first-order valence-corrected chi connectivity index (χ1v) is 5.75. The summed E-state index contributed by atoms with van der Waals surface area (Å²) < 4.78 is 18.4. The second-order valence-electron chi connectivity index (χ2n) is 3.64. The first kappa shape index (κ1) is 13.3. The van der Waals surface area contributed by atoms with E-state index in [-0.39, 0.29) is 5.56 Å². The van der Waals surface area contributed by atoms with E-state index in [1.807, 2.05) is 0 Å². The van der Waals surface area contributed by atoms with Crippen LogP contribution in [0.15, 0.2) is 36.5 Å². The van der Waals surface area contributed by atoms with Gasteiger partial charge in [0.15, 0.2) is 0 Å². The Balaban J connectivity index is 2.26. The van der Waals surface area contributed by atoms with Crippen LogP contribution in [0.4, 0.5) is 10.1 Å². The van der Waals surface area contributed by atoms with Crippen molar-refractivity contribution in [1.82, 2.24) is 4.98 Å². The Morgan fingerprint density at radius 2 is 2.21 bits per heavy atom. The molecule has 0 aliphatic heterocycles. The van der Waals surface area contributed by atoms with Crippen LogP contribution in [0.1, 0.15) is 10.4 Å². The van der Waals surface area contributed by atoms with E-state index in [2.05, 4.69) is 10.3 Å². The van der Waals surface area contributed by atoms with Crippen molar-refractivity contribution in [1.29, 1.82) is 0 Å². The number of nitrogens with one attached hydrogen (secondary N) is 1. The van der Waals surface area contributed by atoms with Crippen molar-refractivity contribution in [2.75, 3.05) is 12.4 Å². The minimum Gasteiger partial charge on any atom is -0.497 e. The molecule has 1 N–H and O–H groups in total. The van der Waals surface area contributed by atoms with Crippen molar-refractivity contribution >= 4 is 23.2 Å². The molecule has 2 rings (SSSR count). The van der Waals surface area contributed by atoms with E-state index >= 15 is 0 Å². The van der Waals surface area contributed by atoms with Crippen LogP contribution in [-0.2, 0) is 0 Å².